The second-order valence-corrected chi connectivity index (χ2v) is 6.74. The van der Waals surface area contributed by atoms with Crippen molar-refractivity contribution in [1.29, 1.82) is 0 Å². The van der Waals surface area contributed by atoms with Crippen molar-refractivity contribution in [2.45, 2.75) is 31.7 Å². The summed E-state index contributed by atoms with van der Waals surface area (Å²) in [6.45, 7) is 1.96. The number of hydrogen-bond acceptors (Lipinski definition) is 2. The molecule has 1 N–H and O–H groups in total. The number of rotatable bonds is 5. The molecular formula is C21H23NO3. The van der Waals surface area contributed by atoms with Gasteiger partial charge in [-0.25, -0.2) is 4.79 Å². The van der Waals surface area contributed by atoms with Crippen LogP contribution >= 0.6 is 0 Å². The van der Waals surface area contributed by atoms with Crippen molar-refractivity contribution in [3.63, 3.8) is 0 Å². The Balaban J connectivity index is 2.00. The van der Waals surface area contributed by atoms with Crippen LogP contribution in [-0.4, -0.2) is 34.0 Å². The molecule has 130 valence electrons. The fourth-order valence-corrected chi connectivity index (χ4v) is 4.06. The SMILES string of the molecule is CC(=O)N1CCC(Cc2ccccc2)[C@@]1(Cc1ccccc1)C(=O)O. The predicted molar refractivity (Wildman–Crippen MR) is 96.2 cm³/mol. The minimum absolute atomic E-state index is 0.114. The summed E-state index contributed by atoms with van der Waals surface area (Å²) in [6.07, 6.45) is 1.69. The van der Waals surface area contributed by atoms with Gasteiger partial charge >= 0.3 is 5.97 Å². The van der Waals surface area contributed by atoms with Crippen LogP contribution in [0.2, 0.25) is 0 Å². The van der Waals surface area contributed by atoms with E-state index in [0.717, 1.165) is 11.1 Å². The highest BCUT2D eigenvalue weighted by atomic mass is 16.4. The van der Waals surface area contributed by atoms with Gasteiger partial charge in [0, 0.05) is 19.9 Å². The maximum atomic E-state index is 12.4. The minimum Gasteiger partial charge on any atom is -0.479 e. The fourth-order valence-electron chi connectivity index (χ4n) is 4.06. The van der Waals surface area contributed by atoms with E-state index in [9.17, 15) is 14.7 Å². The Morgan fingerprint density at radius 3 is 2.12 bits per heavy atom. The van der Waals surface area contributed by atoms with Gasteiger partial charge in [0.2, 0.25) is 5.91 Å². The number of carbonyl (C=O) groups excluding carboxylic acids is 1. The number of benzene rings is 2. The number of likely N-dealkylation sites (tertiary alicyclic amines) is 1. The highest BCUT2D eigenvalue weighted by molar-refractivity contribution is 5.87. The number of nitrogens with zero attached hydrogens (tertiary/aromatic N) is 1. The van der Waals surface area contributed by atoms with Crippen molar-refractivity contribution < 1.29 is 14.7 Å². The molecule has 4 nitrogen and oxygen atoms in total. The molecule has 3 rings (SSSR count). The Labute approximate surface area is 148 Å². The molecule has 4 heteroatoms. The van der Waals surface area contributed by atoms with Crippen molar-refractivity contribution in [1.82, 2.24) is 4.90 Å². The lowest BCUT2D eigenvalue weighted by Crippen LogP contribution is -2.58. The van der Waals surface area contributed by atoms with Crippen molar-refractivity contribution in [2.75, 3.05) is 6.54 Å². The van der Waals surface area contributed by atoms with Gasteiger partial charge in [-0.15, -0.1) is 0 Å². The van der Waals surface area contributed by atoms with Gasteiger partial charge in [0.15, 0.2) is 0 Å². The van der Waals surface area contributed by atoms with Crippen LogP contribution in [0.4, 0.5) is 0 Å². The van der Waals surface area contributed by atoms with Gasteiger partial charge < -0.3 is 10.0 Å². The zero-order valence-corrected chi connectivity index (χ0v) is 14.4. The van der Waals surface area contributed by atoms with E-state index in [0.29, 0.717) is 25.8 Å². The quantitative estimate of drug-likeness (QED) is 0.912. The maximum absolute atomic E-state index is 12.4. The van der Waals surface area contributed by atoms with Crippen LogP contribution in [0.25, 0.3) is 0 Å². The molecule has 2 atom stereocenters. The summed E-state index contributed by atoms with van der Waals surface area (Å²) in [5, 5.41) is 10.2. The van der Waals surface area contributed by atoms with Crippen molar-refractivity contribution in [2.24, 2.45) is 5.92 Å². The number of aliphatic carboxylic acids is 1. The Kier molecular flexibility index (Phi) is 4.88. The van der Waals surface area contributed by atoms with Crippen molar-refractivity contribution >= 4 is 11.9 Å². The summed E-state index contributed by atoms with van der Waals surface area (Å²) >= 11 is 0. The molecule has 1 aliphatic rings. The van der Waals surface area contributed by atoms with E-state index >= 15 is 0 Å². The Hall–Kier alpha value is -2.62. The topological polar surface area (TPSA) is 57.6 Å². The maximum Gasteiger partial charge on any atom is 0.330 e. The number of carboxylic acids is 1. The van der Waals surface area contributed by atoms with E-state index in [2.05, 4.69) is 0 Å². The van der Waals surface area contributed by atoms with E-state index in [1.54, 1.807) is 4.90 Å². The van der Waals surface area contributed by atoms with Crippen LogP contribution in [0.15, 0.2) is 60.7 Å². The lowest BCUT2D eigenvalue weighted by molar-refractivity contribution is -0.158. The average molecular weight is 337 g/mol. The highest BCUT2D eigenvalue weighted by Crippen LogP contribution is 2.40. The van der Waals surface area contributed by atoms with Gasteiger partial charge in [-0.2, -0.15) is 0 Å². The number of carboxylic acid groups (broad SMARTS) is 1. The Morgan fingerprint density at radius 1 is 1.04 bits per heavy atom. The van der Waals surface area contributed by atoms with Gasteiger partial charge in [-0.3, -0.25) is 4.79 Å². The Morgan fingerprint density at radius 2 is 1.60 bits per heavy atom. The smallest absolute Gasteiger partial charge is 0.330 e. The van der Waals surface area contributed by atoms with Crippen LogP contribution in [0, 0.1) is 5.92 Å². The molecule has 0 aromatic heterocycles. The monoisotopic (exact) mass is 337 g/mol. The molecule has 2 aromatic carbocycles. The number of amides is 1. The third-order valence-electron chi connectivity index (χ3n) is 5.25. The summed E-state index contributed by atoms with van der Waals surface area (Å²) < 4.78 is 0. The van der Waals surface area contributed by atoms with Crippen LogP contribution in [0.5, 0.6) is 0 Å². The molecule has 25 heavy (non-hydrogen) atoms. The molecule has 1 fully saturated rings. The van der Waals surface area contributed by atoms with E-state index < -0.39 is 11.5 Å². The van der Waals surface area contributed by atoms with Crippen LogP contribution < -0.4 is 0 Å². The second-order valence-electron chi connectivity index (χ2n) is 6.74. The highest BCUT2D eigenvalue weighted by Gasteiger charge is 2.55. The average Bonchev–Trinajstić information content (AvgIpc) is 2.96. The predicted octanol–water partition coefficient (Wildman–Crippen LogP) is 3.16. The van der Waals surface area contributed by atoms with E-state index in [4.69, 9.17) is 0 Å². The largest absolute Gasteiger partial charge is 0.479 e. The van der Waals surface area contributed by atoms with E-state index in [-0.39, 0.29) is 11.8 Å². The molecule has 1 aliphatic heterocycles. The summed E-state index contributed by atoms with van der Waals surface area (Å²) in [6, 6.07) is 19.5. The molecule has 0 aliphatic carbocycles. The molecule has 1 amide bonds. The van der Waals surface area contributed by atoms with Crippen molar-refractivity contribution in [3.8, 4) is 0 Å². The molecule has 1 unspecified atom stereocenters. The molecule has 0 saturated carbocycles. The lowest BCUT2D eigenvalue weighted by Gasteiger charge is -2.38. The number of carbonyl (C=O) groups is 2. The third kappa shape index (κ3) is 3.29. The summed E-state index contributed by atoms with van der Waals surface area (Å²) in [5.41, 5.74) is 0.857. The van der Waals surface area contributed by atoms with Crippen LogP contribution in [0.1, 0.15) is 24.5 Å². The molecule has 0 bridgehead atoms. The van der Waals surface area contributed by atoms with Gasteiger partial charge in [0.1, 0.15) is 5.54 Å². The fraction of sp³-hybridized carbons (Fsp3) is 0.333. The van der Waals surface area contributed by atoms with Gasteiger partial charge in [0.05, 0.1) is 0 Å². The van der Waals surface area contributed by atoms with Gasteiger partial charge in [-0.05, 0) is 29.9 Å². The first-order valence-electron chi connectivity index (χ1n) is 8.63. The summed E-state index contributed by atoms with van der Waals surface area (Å²) in [7, 11) is 0. The lowest BCUT2D eigenvalue weighted by atomic mass is 9.76. The zero-order valence-electron chi connectivity index (χ0n) is 14.4. The van der Waals surface area contributed by atoms with Gasteiger partial charge in [-0.1, -0.05) is 60.7 Å². The summed E-state index contributed by atoms with van der Waals surface area (Å²) in [5.74, 6) is -1.20. The first kappa shape index (κ1) is 17.2. The molecular weight excluding hydrogens is 314 g/mol. The first-order valence-corrected chi connectivity index (χ1v) is 8.63. The first-order chi connectivity index (χ1) is 12.0. The van der Waals surface area contributed by atoms with Gasteiger partial charge in [0.25, 0.3) is 0 Å². The molecule has 2 aromatic rings. The summed E-state index contributed by atoms with van der Waals surface area (Å²) in [4.78, 5) is 26.2. The van der Waals surface area contributed by atoms with Crippen LogP contribution in [0.3, 0.4) is 0 Å². The second kappa shape index (κ2) is 7.09. The molecule has 0 spiro atoms. The normalized spacial score (nSPS) is 22.8. The third-order valence-corrected chi connectivity index (χ3v) is 5.25. The standard InChI is InChI=1S/C21H23NO3/c1-16(23)22-13-12-19(14-17-8-4-2-5-9-17)21(22,20(24)25)15-18-10-6-3-7-11-18/h2-11,19H,12-15H2,1H3,(H,24,25)/t19?,21-/m0/s1. The molecule has 1 heterocycles. The van der Waals surface area contributed by atoms with Crippen LogP contribution in [-0.2, 0) is 22.4 Å². The molecule has 1 saturated heterocycles. The van der Waals surface area contributed by atoms with E-state index in [1.807, 2.05) is 60.7 Å². The number of hydrogen-bond donors (Lipinski definition) is 1. The van der Waals surface area contributed by atoms with E-state index in [1.165, 1.54) is 6.92 Å². The Bertz CT molecular complexity index is 744. The molecule has 0 radical (unpaired) electrons. The van der Waals surface area contributed by atoms with Crippen molar-refractivity contribution in [3.05, 3.63) is 71.8 Å². The minimum atomic E-state index is -1.19. The zero-order chi connectivity index (χ0) is 17.9.